The molecule has 1 spiro atoms. The van der Waals surface area contributed by atoms with Crippen molar-refractivity contribution in [3.05, 3.63) is 92.8 Å². The van der Waals surface area contributed by atoms with Gasteiger partial charge in [0.1, 0.15) is 23.4 Å². The van der Waals surface area contributed by atoms with Crippen LogP contribution >= 0.6 is 22.9 Å². The molecule has 0 radical (unpaired) electrons. The molecule has 0 saturated carbocycles. The van der Waals surface area contributed by atoms with Crippen molar-refractivity contribution in [3.63, 3.8) is 0 Å². The van der Waals surface area contributed by atoms with Crippen LogP contribution in [-0.2, 0) is 20.9 Å². The summed E-state index contributed by atoms with van der Waals surface area (Å²) < 4.78 is 17.0. The molecule has 416 valence electrons. The summed E-state index contributed by atoms with van der Waals surface area (Å²) in [4.78, 5) is 60.9. The normalized spacial score (nSPS) is 19.4. The highest BCUT2D eigenvalue weighted by Gasteiger charge is 2.49. The van der Waals surface area contributed by atoms with E-state index in [2.05, 4.69) is 46.3 Å². The van der Waals surface area contributed by atoms with Crippen LogP contribution in [0, 0.1) is 37.4 Å². The summed E-state index contributed by atoms with van der Waals surface area (Å²) in [5.74, 6) is -0.00802. The lowest BCUT2D eigenvalue weighted by Gasteiger charge is -2.56. The molecule has 3 amide bonds. The number of hydrogen-bond donors (Lipinski definition) is 4. The number of hydrogen-bond acceptors (Lipinski definition) is 11. The minimum Gasteiger partial charge on any atom is -0.391 e. The number of unbranched alkanes of at least 4 members (excludes halogenated alkanes) is 8. The molecular formula is C60H82ClFN10O4S. The number of aliphatic hydroxyl groups is 1. The summed E-state index contributed by atoms with van der Waals surface area (Å²) in [7, 11) is 0. The quantitative estimate of drug-likeness (QED) is 0.0494. The zero-order chi connectivity index (χ0) is 54.6. The van der Waals surface area contributed by atoms with E-state index in [1.54, 1.807) is 11.3 Å². The SMILES string of the molecule is Cc1cc(Cn2c(N3CC4(CNC4)C3)nc3c(N4CCN(CCCCCCCCCCCC(=O)NC(C(=O)N5CC(O)CC5C(=O)NC(C)c5ccc(-c6scnc6C)cc5)C(C)(C)C)CC4)cc(Cl)cc32)cc(C)c1F. The van der Waals surface area contributed by atoms with Gasteiger partial charge in [-0.1, -0.05) is 114 Å². The van der Waals surface area contributed by atoms with Gasteiger partial charge in [0.05, 0.1) is 46.0 Å². The molecule has 4 aliphatic heterocycles. The maximum atomic E-state index is 14.7. The van der Waals surface area contributed by atoms with E-state index in [0.717, 1.165) is 135 Å². The Bertz CT molecular complexity index is 2840. The number of carbonyl (C=O) groups is 3. The molecule has 6 heterocycles. The van der Waals surface area contributed by atoms with Gasteiger partial charge in [-0.25, -0.2) is 14.4 Å². The minimum atomic E-state index is -0.840. The molecule has 9 rings (SSSR count). The van der Waals surface area contributed by atoms with Crippen molar-refractivity contribution in [2.45, 2.75) is 150 Å². The maximum absolute atomic E-state index is 14.7. The number of nitrogens with zero attached hydrogens (tertiary/aromatic N) is 7. The van der Waals surface area contributed by atoms with Gasteiger partial charge in [0, 0.05) is 82.2 Å². The van der Waals surface area contributed by atoms with E-state index >= 15 is 0 Å². The Morgan fingerprint density at radius 1 is 0.883 bits per heavy atom. The summed E-state index contributed by atoms with van der Waals surface area (Å²) in [6.07, 6.45) is 9.59. The summed E-state index contributed by atoms with van der Waals surface area (Å²) >= 11 is 8.50. The topological polar surface area (TPSA) is 151 Å². The van der Waals surface area contributed by atoms with Crippen LogP contribution in [0.25, 0.3) is 21.5 Å². The molecule has 77 heavy (non-hydrogen) atoms. The van der Waals surface area contributed by atoms with Gasteiger partial charge in [0.15, 0.2) is 0 Å². The van der Waals surface area contributed by atoms with Gasteiger partial charge in [-0.2, -0.15) is 0 Å². The fourth-order valence-electron chi connectivity index (χ4n) is 12.0. The van der Waals surface area contributed by atoms with Gasteiger partial charge in [-0.15, -0.1) is 11.3 Å². The second-order valence-electron chi connectivity index (χ2n) is 23.9. The molecule has 2 aromatic heterocycles. The van der Waals surface area contributed by atoms with E-state index in [1.807, 2.05) is 96.4 Å². The molecule has 14 nitrogen and oxygen atoms in total. The third kappa shape index (κ3) is 13.3. The first kappa shape index (κ1) is 56.6. The minimum absolute atomic E-state index is 0.0411. The van der Waals surface area contributed by atoms with E-state index in [9.17, 15) is 23.9 Å². The summed E-state index contributed by atoms with van der Waals surface area (Å²) in [6, 6.07) is 14.1. The Balaban J connectivity index is 0.664. The first-order valence-electron chi connectivity index (χ1n) is 28.3. The Kier molecular flexibility index (Phi) is 18.0. The summed E-state index contributed by atoms with van der Waals surface area (Å²) in [5, 5.41) is 20.9. The van der Waals surface area contributed by atoms with Gasteiger partial charge in [-0.05, 0) is 92.4 Å². The highest BCUT2D eigenvalue weighted by molar-refractivity contribution is 7.13. The number of benzene rings is 3. The second-order valence-corrected chi connectivity index (χ2v) is 25.2. The Morgan fingerprint density at radius 2 is 1.53 bits per heavy atom. The molecule has 4 atom stereocenters. The zero-order valence-electron chi connectivity index (χ0n) is 46.5. The standard InChI is InChI=1S/C60H82ClFN10O4S/c1-39-27-43(28-40(2)52(39)62)32-72-49-30-46(61)29-48(53(49)67-58(72)70-36-60(37-70)34-63-35-60)69-25-23-68(24-26-69)22-16-14-12-10-8-9-11-13-15-17-51(74)66-55(59(5,6)7)57(76)71-33-47(73)31-50(71)56(75)65-41(3)44-18-20-45(21-19-44)54-42(4)64-38-77-54/h18-21,27-30,38,41,47,50,55,63,73H,8-17,22-26,31-37H2,1-7H3,(H,65,75)(H,66,74). The highest BCUT2D eigenvalue weighted by atomic mass is 35.5. The molecule has 0 aliphatic carbocycles. The average Bonchev–Trinajstić information content (AvgIpc) is 4.31. The van der Waals surface area contributed by atoms with Crippen molar-refractivity contribution in [2.24, 2.45) is 10.8 Å². The number of anilines is 2. The lowest BCUT2D eigenvalue weighted by atomic mass is 9.75. The maximum Gasteiger partial charge on any atom is 0.246 e. The fraction of sp³-hybridized carbons (Fsp3) is 0.583. The number of rotatable bonds is 22. The number of fused-ring (bicyclic) bond motifs is 1. The van der Waals surface area contributed by atoms with Gasteiger partial charge in [0.2, 0.25) is 23.7 Å². The number of halogens is 2. The Labute approximate surface area is 464 Å². The number of piperazine rings is 1. The molecule has 4 aliphatic rings. The molecule has 4 fully saturated rings. The number of β-amino-alcohol motifs (C(OH)–C–C–N with tert-alkyl or cyclic N) is 1. The summed E-state index contributed by atoms with van der Waals surface area (Å²) in [5.41, 5.74) is 10.0. The largest absolute Gasteiger partial charge is 0.391 e. The number of amides is 3. The van der Waals surface area contributed by atoms with Crippen LogP contribution < -0.4 is 25.8 Å². The number of aryl methyl sites for hydroxylation is 3. The van der Waals surface area contributed by atoms with Crippen molar-refractivity contribution in [1.82, 2.24) is 40.3 Å². The number of thiazole rings is 1. The van der Waals surface area contributed by atoms with E-state index < -0.39 is 23.6 Å². The summed E-state index contributed by atoms with van der Waals surface area (Å²) in [6.45, 7) is 22.9. The number of likely N-dealkylation sites (tertiary alicyclic amines) is 1. The smallest absolute Gasteiger partial charge is 0.246 e. The number of nitrogens with one attached hydrogen (secondary N) is 3. The van der Waals surface area contributed by atoms with Crippen LogP contribution in [0.4, 0.5) is 16.0 Å². The molecule has 5 aromatic rings. The predicted molar refractivity (Wildman–Crippen MR) is 308 cm³/mol. The first-order chi connectivity index (χ1) is 36.9. The molecule has 4 N–H and O–H groups in total. The monoisotopic (exact) mass is 1090 g/mol. The van der Waals surface area contributed by atoms with Crippen molar-refractivity contribution in [1.29, 1.82) is 0 Å². The van der Waals surface area contributed by atoms with Gasteiger partial charge in [0.25, 0.3) is 0 Å². The lowest BCUT2D eigenvalue weighted by molar-refractivity contribution is -0.144. The predicted octanol–water partition coefficient (Wildman–Crippen LogP) is 9.73. The van der Waals surface area contributed by atoms with Gasteiger partial charge >= 0.3 is 0 Å². The van der Waals surface area contributed by atoms with Crippen LogP contribution in [-0.4, -0.2) is 131 Å². The van der Waals surface area contributed by atoms with Crippen molar-refractivity contribution < 1.29 is 23.9 Å². The third-order valence-corrected chi connectivity index (χ3v) is 17.8. The number of carbonyl (C=O) groups excluding carboxylic acids is 3. The Morgan fingerprint density at radius 3 is 2.14 bits per heavy atom. The Hall–Kier alpha value is -5.13. The van der Waals surface area contributed by atoms with E-state index in [1.165, 1.54) is 37.0 Å². The average molecular weight is 1090 g/mol. The van der Waals surface area contributed by atoms with Crippen LogP contribution in [0.5, 0.6) is 0 Å². The highest BCUT2D eigenvalue weighted by Crippen LogP contribution is 2.41. The van der Waals surface area contributed by atoms with Crippen LogP contribution in [0.2, 0.25) is 5.02 Å². The van der Waals surface area contributed by atoms with Crippen molar-refractivity contribution in [3.8, 4) is 10.4 Å². The first-order valence-corrected chi connectivity index (χ1v) is 29.6. The van der Waals surface area contributed by atoms with Gasteiger partial charge < -0.3 is 40.3 Å². The van der Waals surface area contributed by atoms with E-state index in [-0.39, 0.29) is 42.5 Å². The molecule has 4 saturated heterocycles. The molecule has 3 aromatic carbocycles. The van der Waals surface area contributed by atoms with Crippen molar-refractivity contribution in [2.75, 3.05) is 75.2 Å². The number of aromatic nitrogens is 3. The van der Waals surface area contributed by atoms with Gasteiger partial charge in [-0.3, -0.25) is 19.3 Å². The fourth-order valence-corrected chi connectivity index (χ4v) is 13.1. The molecular weight excluding hydrogens is 1010 g/mol. The molecule has 17 heteroatoms. The van der Waals surface area contributed by atoms with E-state index in [4.69, 9.17) is 16.6 Å². The number of aliphatic hydroxyl groups excluding tert-OH is 1. The second kappa shape index (κ2) is 24.5. The lowest BCUT2D eigenvalue weighted by Crippen LogP contribution is -2.71. The molecule has 0 bridgehead atoms. The van der Waals surface area contributed by atoms with E-state index in [0.29, 0.717) is 34.5 Å². The zero-order valence-corrected chi connectivity index (χ0v) is 48.1. The van der Waals surface area contributed by atoms with Crippen molar-refractivity contribution >= 4 is 63.3 Å². The van der Waals surface area contributed by atoms with Crippen LogP contribution in [0.3, 0.4) is 0 Å². The molecule has 4 unspecified atom stereocenters. The number of imidazole rings is 1. The van der Waals surface area contributed by atoms with Crippen LogP contribution in [0.1, 0.15) is 132 Å². The van der Waals surface area contributed by atoms with Crippen LogP contribution in [0.15, 0.2) is 54.0 Å². The third-order valence-electron chi connectivity index (χ3n) is 16.6.